The molecule has 0 aromatic carbocycles. The zero-order chi connectivity index (χ0) is 10.7. The van der Waals surface area contributed by atoms with E-state index >= 15 is 0 Å². The van der Waals surface area contributed by atoms with Crippen molar-refractivity contribution in [2.45, 2.75) is 32.7 Å². The summed E-state index contributed by atoms with van der Waals surface area (Å²) in [5.41, 5.74) is 1.64. The first kappa shape index (κ1) is 10.7. The van der Waals surface area contributed by atoms with Gasteiger partial charge in [0.15, 0.2) is 0 Å². The summed E-state index contributed by atoms with van der Waals surface area (Å²) in [5.74, 6) is -0.352. The molecule has 1 rings (SSSR count). The molecule has 0 heterocycles. The SMILES string of the molecule is CC(=O)OCC1=C(C)[C@@H]([N+](=O)[O-])CC1. The van der Waals surface area contributed by atoms with Crippen LogP contribution in [-0.4, -0.2) is 23.5 Å². The first-order valence-corrected chi connectivity index (χ1v) is 4.47. The molecule has 0 unspecified atom stereocenters. The van der Waals surface area contributed by atoms with E-state index in [0.717, 1.165) is 11.1 Å². The topological polar surface area (TPSA) is 69.4 Å². The average Bonchev–Trinajstić information content (AvgIpc) is 2.43. The number of hydrogen-bond acceptors (Lipinski definition) is 4. The lowest BCUT2D eigenvalue weighted by atomic mass is 10.1. The fraction of sp³-hybridized carbons (Fsp3) is 0.667. The molecule has 0 fully saturated rings. The van der Waals surface area contributed by atoms with Gasteiger partial charge in [-0.25, -0.2) is 0 Å². The van der Waals surface area contributed by atoms with Crippen LogP contribution in [0.25, 0.3) is 0 Å². The number of nitrogens with zero attached hydrogens (tertiary/aromatic N) is 1. The molecule has 0 aromatic heterocycles. The zero-order valence-corrected chi connectivity index (χ0v) is 8.28. The first-order chi connectivity index (χ1) is 6.52. The number of hydrogen-bond donors (Lipinski definition) is 0. The van der Waals surface area contributed by atoms with Crippen LogP contribution in [0.15, 0.2) is 11.1 Å². The van der Waals surface area contributed by atoms with Gasteiger partial charge in [0.2, 0.25) is 6.04 Å². The van der Waals surface area contributed by atoms with Gasteiger partial charge in [0, 0.05) is 23.8 Å². The van der Waals surface area contributed by atoms with Crippen molar-refractivity contribution in [3.63, 3.8) is 0 Å². The molecule has 5 heteroatoms. The average molecular weight is 199 g/mol. The van der Waals surface area contributed by atoms with Gasteiger partial charge in [-0.1, -0.05) is 0 Å². The maximum atomic E-state index is 10.6. The van der Waals surface area contributed by atoms with Gasteiger partial charge < -0.3 is 4.74 Å². The van der Waals surface area contributed by atoms with E-state index in [9.17, 15) is 14.9 Å². The summed E-state index contributed by atoms with van der Waals surface area (Å²) in [6.07, 6.45) is 1.18. The van der Waals surface area contributed by atoms with Gasteiger partial charge in [-0.15, -0.1) is 0 Å². The summed E-state index contributed by atoms with van der Waals surface area (Å²) in [6.45, 7) is 3.26. The van der Waals surface area contributed by atoms with Gasteiger partial charge in [-0.3, -0.25) is 14.9 Å². The smallest absolute Gasteiger partial charge is 0.302 e. The van der Waals surface area contributed by atoms with Crippen molar-refractivity contribution in [3.05, 3.63) is 21.3 Å². The second-order valence-electron chi connectivity index (χ2n) is 3.41. The summed E-state index contributed by atoms with van der Waals surface area (Å²) in [5, 5.41) is 10.6. The van der Waals surface area contributed by atoms with Crippen molar-refractivity contribution < 1.29 is 14.5 Å². The van der Waals surface area contributed by atoms with Crippen molar-refractivity contribution in [2.24, 2.45) is 0 Å². The quantitative estimate of drug-likeness (QED) is 0.297. The van der Waals surface area contributed by atoms with Crippen LogP contribution in [0.5, 0.6) is 0 Å². The van der Waals surface area contributed by atoms with Crippen LogP contribution in [0.2, 0.25) is 0 Å². The summed E-state index contributed by atoms with van der Waals surface area (Å²) >= 11 is 0. The molecule has 0 amide bonds. The molecule has 0 aliphatic heterocycles. The number of esters is 1. The second kappa shape index (κ2) is 4.21. The second-order valence-corrected chi connectivity index (χ2v) is 3.41. The Balaban J connectivity index is 2.61. The molecule has 0 aromatic rings. The Hall–Kier alpha value is -1.39. The number of rotatable bonds is 3. The van der Waals surface area contributed by atoms with Gasteiger partial charge in [0.25, 0.3) is 0 Å². The van der Waals surface area contributed by atoms with Gasteiger partial charge in [-0.2, -0.15) is 0 Å². The van der Waals surface area contributed by atoms with Crippen LogP contribution in [0.1, 0.15) is 26.7 Å². The molecule has 0 spiro atoms. The first-order valence-electron chi connectivity index (χ1n) is 4.47. The van der Waals surface area contributed by atoms with E-state index in [1.54, 1.807) is 6.92 Å². The van der Waals surface area contributed by atoms with Crippen LogP contribution in [0, 0.1) is 10.1 Å². The fourth-order valence-corrected chi connectivity index (χ4v) is 1.60. The van der Waals surface area contributed by atoms with Gasteiger partial charge in [0.05, 0.1) is 0 Å². The minimum atomic E-state index is -0.583. The molecule has 0 bridgehead atoms. The van der Waals surface area contributed by atoms with Crippen molar-refractivity contribution in [1.29, 1.82) is 0 Å². The Kier molecular flexibility index (Phi) is 3.22. The van der Waals surface area contributed by atoms with Crippen molar-refractivity contribution in [1.82, 2.24) is 0 Å². The molecule has 0 saturated carbocycles. The van der Waals surface area contributed by atoms with E-state index in [-0.39, 0.29) is 17.5 Å². The summed E-state index contributed by atoms with van der Waals surface area (Å²) in [6, 6.07) is -0.583. The number of carbonyl (C=O) groups excluding carboxylic acids is 1. The lowest BCUT2D eigenvalue weighted by Crippen LogP contribution is -2.17. The molecule has 1 aliphatic rings. The predicted octanol–water partition coefficient (Wildman–Crippen LogP) is 1.31. The van der Waals surface area contributed by atoms with E-state index in [1.807, 2.05) is 0 Å². The van der Waals surface area contributed by atoms with Crippen LogP contribution < -0.4 is 0 Å². The van der Waals surface area contributed by atoms with E-state index in [1.165, 1.54) is 6.92 Å². The minimum absolute atomic E-state index is 0.200. The van der Waals surface area contributed by atoms with E-state index in [2.05, 4.69) is 0 Å². The normalized spacial score (nSPS) is 21.1. The lowest BCUT2D eigenvalue weighted by Gasteiger charge is -2.04. The van der Waals surface area contributed by atoms with Crippen LogP contribution in [0.4, 0.5) is 0 Å². The Bertz CT molecular complexity index is 295. The molecule has 14 heavy (non-hydrogen) atoms. The van der Waals surface area contributed by atoms with E-state index < -0.39 is 6.04 Å². The maximum absolute atomic E-state index is 10.6. The fourth-order valence-electron chi connectivity index (χ4n) is 1.60. The summed E-state index contributed by atoms with van der Waals surface area (Å²) < 4.78 is 4.80. The van der Waals surface area contributed by atoms with Gasteiger partial charge in [0.1, 0.15) is 6.61 Å². The monoisotopic (exact) mass is 199 g/mol. The predicted molar refractivity (Wildman–Crippen MR) is 49.3 cm³/mol. The molecule has 1 aliphatic carbocycles. The lowest BCUT2D eigenvalue weighted by molar-refractivity contribution is -0.511. The molecule has 5 nitrogen and oxygen atoms in total. The molecular formula is C9H13NO4. The Morgan fingerprint density at radius 3 is 2.79 bits per heavy atom. The number of carbonyl (C=O) groups is 1. The standard InChI is InChI=1S/C9H13NO4/c1-6-8(5-14-7(2)11)3-4-9(6)10(12)13/h9H,3-5H2,1-2H3/t9-/m0/s1. The van der Waals surface area contributed by atoms with Crippen LogP contribution in [0.3, 0.4) is 0 Å². The third kappa shape index (κ3) is 2.31. The van der Waals surface area contributed by atoms with Crippen molar-refractivity contribution in [3.8, 4) is 0 Å². The Morgan fingerprint density at radius 2 is 2.36 bits per heavy atom. The molecule has 0 radical (unpaired) electrons. The minimum Gasteiger partial charge on any atom is -0.461 e. The molecule has 1 atom stereocenters. The van der Waals surface area contributed by atoms with E-state index in [0.29, 0.717) is 12.8 Å². The third-order valence-electron chi connectivity index (χ3n) is 2.48. The highest BCUT2D eigenvalue weighted by Gasteiger charge is 2.31. The Labute approximate surface area is 81.9 Å². The molecule has 0 N–H and O–H groups in total. The van der Waals surface area contributed by atoms with Crippen LogP contribution in [-0.2, 0) is 9.53 Å². The summed E-state index contributed by atoms with van der Waals surface area (Å²) in [7, 11) is 0. The van der Waals surface area contributed by atoms with Crippen LogP contribution >= 0.6 is 0 Å². The highest BCUT2D eigenvalue weighted by Crippen LogP contribution is 2.28. The molecule has 0 saturated heterocycles. The zero-order valence-electron chi connectivity index (χ0n) is 8.28. The molecule has 78 valence electrons. The maximum Gasteiger partial charge on any atom is 0.302 e. The third-order valence-corrected chi connectivity index (χ3v) is 2.48. The summed E-state index contributed by atoms with van der Waals surface area (Å²) in [4.78, 5) is 20.8. The van der Waals surface area contributed by atoms with E-state index in [4.69, 9.17) is 4.74 Å². The van der Waals surface area contributed by atoms with Gasteiger partial charge >= 0.3 is 5.97 Å². The largest absolute Gasteiger partial charge is 0.461 e. The van der Waals surface area contributed by atoms with Crippen molar-refractivity contribution >= 4 is 5.97 Å². The highest BCUT2D eigenvalue weighted by atomic mass is 16.6. The van der Waals surface area contributed by atoms with Gasteiger partial charge in [-0.05, 0) is 18.9 Å². The Morgan fingerprint density at radius 1 is 1.71 bits per heavy atom. The molecular weight excluding hydrogens is 186 g/mol. The van der Waals surface area contributed by atoms with Crippen molar-refractivity contribution in [2.75, 3.05) is 6.61 Å². The number of ether oxygens (including phenoxy) is 1. The number of nitro groups is 1. The highest BCUT2D eigenvalue weighted by molar-refractivity contribution is 5.66.